The molecule has 1 atom stereocenters. The van der Waals surface area contributed by atoms with Crippen LogP contribution in [0.1, 0.15) is 27.8 Å². The summed E-state index contributed by atoms with van der Waals surface area (Å²) in [7, 11) is 0. The van der Waals surface area contributed by atoms with Crippen LogP contribution in [0.3, 0.4) is 0 Å². The first kappa shape index (κ1) is 18.8. The molecule has 2 aromatic carbocycles. The van der Waals surface area contributed by atoms with E-state index in [0.717, 1.165) is 17.3 Å². The number of fused-ring (bicyclic) bond motifs is 6. The van der Waals surface area contributed by atoms with Gasteiger partial charge in [0.25, 0.3) is 17.3 Å². The van der Waals surface area contributed by atoms with Crippen LogP contribution < -0.4 is 4.90 Å². The third kappa shape index (κ3) is 2.61. The average Bonchev–Trinajstić information content (AvgIpc) is 3.14. The van der Waals surface area contributed by atoms with Crippen LogP contribution in [0.5, 0.6) is 0 Å². The summed E-state index contributed by atoms with van der Waals surface area (Å²) >= 11 is 0. The first-order valence-electron chi connectivity index (χ1n) is 9.67. The molecule has 0 aliphatic carbocycles. The molecule has 0 saturated heterocycles. The van der Waals surface area contributed by atoms with Crippen LogP contribution >= 0.6 is 0 Å². The van der Waals surface area contributed by atoms with E-state index < -0.39 is 16.0 Å². The van der Waals surface area contributed by atoms with Gasteiger partial charge in [-0.15, -0.1) is 6.58 Å². The van der Waals surface area contributed by atoms with Gasteiger partial charge in [0.1, 0.15) is 11.7 Å². The molecule has 1 N–H and O–H groups in total. The van der Waals surface area contributed by atoms with E-state index in [1.807, 2.05) is 23.1 Å². The summed E-state index contributed by atoms with van der Waals surface area (Å²) in [6, 6.07) is 9.62. The largest absolute Gasteiger partial charge is 0.349 e. The molecule has 10 heteroatoms. The van der Waals surface area contributed by atoms with Crippen molar-refractivity contribution in [3.63, 3.8) is 0 Å². The molecule has 1 aromatic heterocycles. The number of non-ortho nitro benzene ring substituents is 2. The predicted molar refractivity (Wildman–Crippen MR) is 113 cm³/mol. The van der Waals surface area contributed by atoms with Crippen LogP contribution in [0.2, 0.25) is 0 Å². The fourth-order valence-corrected chi connectivity index (χ4v) is 4.65. The van der Waals surface area contributed by atoms with Gasteiger partial charge in [0.15, 0.2) is 0 Å². The highest BCUT2D eigenvalue weighted by molar-refractivity contribution is 6.03. The second-order valence-electron chi connectivity index (χ2n) is 7.50. The molecule has 0 bridgehead atoms. The molecule has 3 heterocycles. The predicted octanol–water partition coefficient (Wildman–Crippen LogP) is 3.69. The number of nitrogens with zero attached hydrogens (tertiary/aromatic N) is 4. The molecule has 10 nitrogen and oxygen atoms in total. The first-order chi connectivity index (χ1) is 14.9. The van der Waals surface area contributed by atoms with Crippen molar-refractivity contribution in [3.8, 4) is 0 Å². The molecular weight excluding hydrogens is 402 g/mol. The lowest BCUT2D eigenvalue weighted by atomic mass is 9.95. The molecule has 1 unspecified atom stereocenters. The van der Waals surface area contributed by atoms with Crippen molar-refractivity contribution >= 4 is 33.9 Å². The van der Waals surface area contributed by atoms with Gasteiger partial charge in [0, 0.05) is 24.5 Å². The number of benzene rings is 2. The lowest BCUT2D eigenvalue weighted by Gasteiger charge is -2.47. The number of carbonyl (C=O) groups is 1. The number of anilines is 1. The zero-order valence-electron chi connectivity index (χ0n) is 16.3. The lowest BCUT2D eigenvalue weighted by molar-refractivity contribution is -0.393. The molecule has 0 radical (unpaired) electrons. The number of para-hydroxylation sites is 1. The van der Waals surface area contributed by atoms with E-state index in [2.05, 4.69) is 11.6 Å². The van der Waals surface area contributed by atoms with Gasteiger partial charge in [0.05, 0.1) is 32.9 Å². The number of nitrogens with one attached hydrogen (secondary N) is 1. The van der Waals surface area contributed by atoms with Crippen molar-refractivity contribution in [2.75, 3.05) is 18.0 Å². The van der Waals surface area contributed by atoms with Crippen LogP contribution in [-0.2, 0) is 6.42 Å². The zero-order chi connectivity index (χ0) is 21.9. The summed E-state index contributed by atoms with van der Waals surface area (Å²) in [6.07, 6.45) is 1.64. The number of H-pyrrole nitrogens is 1. The summed E-state index contributed by atoms with van der Waals surface area (Å²) in [6.45, 7) is 4.67. The molecule has 0 saturated carbocycles. The Morgan fingerprint density at radius 2 is 1.97 bits per heavy atom. The van der Waals surface area contributed by atoms with Crippen LogP contribution in [0.15, 0.2) is 49.1 Å². The van der Waals surface area contributed by atoms with Crippen molar-refractivity contribution in [2.45, 2.75) is 12.6 Å². The normalized spacial score (nSPS) is 17.2. The Hall–Kier alpha value is -4.21. The van der Waals surface area contributed by atoms with E-state index in [0.29, 0.717) is 36.2 Å². The minimum absolute atomic E-state index is 0.120. The van der Waals surface area contributed by atoms with Gasteiger partial charge in [-0.1, -0.05) is 18.2 Å². The van der Waals surface area contributed by atoms with E-state index >= 15 is 0 Å². The highest BCUT2D eigenvalue weighted by Crippen LogP contribution is 2.45. The number of nitro benzene ring substituents is 2. The number of nitro groups is 2. The summed E-state index contributed by atoms with van der Waals surface area (Å²) in [5.41, 5.74) is 2.26. The van der Waals surface area contributed by atoms with E-state index in [1.54, 1.807) is 17.0 Å². The molecule has 3 aromatic rings. The van der Waals surface area contributed by atoms with Gasteiger partial charge >= 0.3 is 0 Å². The molecule has 2 aliphatic rings. The molecule has 1 amide bonds. The first-order valence-corrected chi connectivity index (χ1v) is 9.67. The molecule has 2 aliphatic heterocycles. The van der Waals surface area contributed by atoms with Crippen molar-refractivity contribution < 1.29 is 14.6 Å². The van der Waals surface area contributed by atoms with Gasteiger partial charge in [0.2, 0.25) is 0 Å². The number of rotatable bonds is 4. The Bertz CT molecular complexity index is 1300. The quantitative estimate of drug-likeness (QED) is 0.390. The second-order valence-corrected chi connectivity index (χ2v) is 7.50. The average molecular weight is 419 g/mol. The highest BCUT2D eigenvalue weighted by atomic mass is 16.6. The number of hydrogen-bond donors (Lipinski definition) is 1. The van der Waals surface area contributed by atoms with Gasteiger partial charge in [-0.3, -0.25) is 25.0 Å². The summed E-state index contributed by atoms with van der Waals surface area (Å²) in [5, 5.41) is 23.4. The van der Waals surface area contributed by atoms with E-state index in [1.165, 1.54) is 6.07 Å². The van der Waals surface area contributed by atoms with Crippen LogP contribution in [-0.4, -0.2) is 38.7 Å². The number of aromatic amines is 1. The number of aromatic nitrogens is 1. The SMILES string of the molecule is C=CCN1c2ccccc2C(=O)N2CCc3c([nH]c4c([N+](=O)[O-])cc([N+](=O)[O-])cc34)C21. The van der Waals surface area contributed by atoms with E-state index in [-0.39, 0.29) is 22.8 Å². The minimum atomic E-state index is -0.634. The maximum absolute atomic E-state index is 13.2. The smallest absolute Gasteiger partial charge is 0.300 e. The van der Waals surface area contributed by atoms with Gasteiger partial charge in [-0.25, -0.2) is 0 Å². The van der Waals surface area contributed by atoms with E-state index in [9.17, 15) is 25.0 Å². The molecular formula is C21H17N5O5. The maximum atomic E-state index is 13.2. The Morgan fingerprint density at radius 3 is 2.68 bits per heavy atom. The van der Waals surface area contributed by atoms with Gasteiger partial charge < -0.3 is 14.8 Å². The minimum Gasteiger partial charge on any atom is -0.349 e. The summed E-state index contributed by atoms with van der Waals surface area (Å²) in [5.74, 6) is -0.120. The molecule has 5 rings (SSSR count). The van der Waals surface area contributed by atoms with Crippen molar-refractivity contribution in [1.82, 2.24) is 9.88 Å². The fraction of sp³-hybridized carbons (Fsp3) is 0.190. The maximum Gasteiger partial charge on any atom is 0.300 e. The van der Waals surface area contributed by atoms with Gasteiger partial charge in [-0.2, -0.15) is 0 Å². The third-order valence-electron chi connectivity index (χ3n) is 5.90. The Kier molecular flexibility index (Phi) is 4.04. The van der Waals surface area contributed by atoms with Crippen LogP contribution in [0.4, 0.5) is 17.1 Å². The number of hydrogen-bond acceptors (Lipinski definition) is 6. The number of amides is 1. The summed E-state index contributed by atoms with van der Waals surface area (Å²) in [4.78, 5) is 41.8. The third-order valence-corrected chi connectivity index (χ3v) is 5.90. The van der Waals surface area contributed by atoms with Crippen molar-refractivity contribution in [1.29, 1.82) is 0 Å². The molecule has 31 heavy (non-hydrogen) atoms. The molecule has 156 valence electrons. The zero-order valence-corrected chi connectivity index (χ0v) is 16.3. The summed E-state index contributed by atoms with van der Waals surface area (Å²) < 4.78 is 0. The highest BCUT2D eigenvalue weighted by Gasteiger charge is 2.43. The topological polar surface area (TPSA) is 126 Å². The Balaban J connectivity index is 1.78. The van der Waals surface area contributed by atoms with Crippen molar-refractivity contribution in [2.24, 2.45) is 0 Å². The second kappa shape index (κ2) is 6.66. The molecule has 0 spiro atoms. The van der Waals surface area contributed by atoms with Crippen LogP contribution in [0.25, 0.3) is 10.9 Å². The standard InChI is InChI=1S/C21H17N5O5/c1-2-8-23-16-6-4-3-5-14(16)21(27)24-9-7-13-15-10-12(25(28)29)11-17(26(30)31)18(15)22-19(13)20(23)24/h2-6,10-11,20,22H,1,7-9H2. The monoisotopic (exact) mass is 419 g/mol. The fourth-order valence-electron chi connectivity index (χ4n) is 4.65. The van der Waals surface area contributed by atoms with Crippen LogP contribution in [0, 0.1) is 20.2 Å². The van der Waals surface area contributed by atoms with E-state index in [4.69, 9.17) is 0 Å². The van der Waals surface area contributed by atoms with Gasteiger partial charge in [-0.05, 0) is 24.1 Å². The van der Waals surface area contributed by atoms with Crippen molar-refractivity contribution in [3.05, 3.63) is 86.1 Å². The lowest BCUT2D eigenvalue weighted by Crippen LogP contribution is -2.52. The Morgan fingerprint density at radius 1 is 1.19 bits per heavy atom. The molecule has 0 fully saturated rings. The Labute approximate surface area is 175 Å². The number of carbonyl (C=O) groups excluding carboxylic acids is 1.